The molecule has 1 unspecified atom stereocenters. The van der Waals surface area contributed by atoms with Gasteiger partial charge in [0.05, 0.1) is 6.10 Å². The van der Waals surface area contributed by atoms with E-state index in [1.165, 1.54) is 29.8 Å². The van der Waals surface area contributed by atoms with Crippen LogP contribution < -0.4 is 14.8 Å². The van der Waals surface area contributed by atoms with Crippen LogP contribution in [0.2, 0.25) is 0 Å². The van der Waals surface area contributed by atoms with Crippen LogP contribution in [0.4, 0.5) is 4.39 Å². The molecule has 0 aliphatic rings. The van der Waals surface area contributed by atoms with Gasteiger partial charge in [0.15, 0.2) is 6.10 Å². The summed E-state index contributed by atoms with van der Waals surface area (Å²) in [6.45, 7) is 6.24. The number of halogens is 1. The van der Waals surface area contributed by atoms with Gasteiger partial charge in [-0.25, -0.2) is 4.39 Å². The zero-order valence-electron chi connectivity index (χ0n) is 15.5. The second-order valence-electron chi connectivity index (χ2n) is 6.42. The molecule has 0 saturated carbocycles. The van der Waals surface area contributed by atoms with Crippen LogP contribution >= 0.6 is 0 Å². The van der Waals surface area contributed by atoms with Gasteiger partial charge >= 0.3 is 0 Å². The Kier molecular flexibility index (Phi) is 7.45. The van der Waals surface area contributed by atoms with Gasteiger partial charge in [-0.05, 0) is 75.6 Å². The molecule has 26 heavy (non-hydrogen) atoms. The van der Waals surface area contributed by atoms with Gasteiger partial charge in [0.1, 0.15) is 17.3 Å². The molecule has 0 spiro atoms. The van der Waals surface area contributed by atoms with E-state index in [4.69, 9.17) is 9.47 Å². The maximum atomic E-state index is 12.9. The topological polar surface area (TPSA) is 47.6 Å². The van der Waals surface area contributed by atoms with Crippen LogP contribution in [0, 0.1) is 5.82 Å². The quantitative estimate of drug-likeness (QED) is 0.685. The molecule has 1 atom stereocenters. The van der Waals surface area contributed by atoms with Gasteiger partial charge in [-0.1, -0.05) is 12.1 Å². The van der Waals surface area contributed by atoms with E-state index in [0.29, 0.717) is 12.3 Å². The Hall–Kier alpha value is -2.56. The van der Waals surface area contributed by atoms with Crippen LogP contribution in [0.1, 0.15) is 32.8 Å². The lowest BCUT2D eigenvalue weighted by Gasteiger charge is -2.14. The minimum Gasteiger partial charge on any atom is -0.491 e. The highest BCUT2D eigenvalue weighted by Gasteiger charge is 2.13. The minimum absolute atomic E-state index is 0.162. The third-order valence-corrected chi connectivity index (χ3v) is 3.73. The molecule has 0 radical (unpaired) electrons. The van der Waals surface area contributed by atoms with Gasteiger partial charge in [-0.2, -0.15) is 0 Å². The van der Waals surface area contributed by atoms with E-state index in [9.17, 15) is 9.18 Å². The molecular weight excluding hydrogens is 333 g/mol. The van der Waals surface area contributed by atoms with Crippen molar-refractivity contribution in [3.8, 4) is 11.5 Å². The third kappa shape index (κ3) is 6.75. The SMILES string of the molecule is CC(C)Oc1ccc(CCCNC(=O)C(C)Oc2ccc(F)cc2)cc1. The van der Waals surface area contributed by atoms with E-state index in [1.54, 1.807) is 6.92 Å². The molecule has 2 aromatic rings. The molecule has 0 bridgehead atoms. The van der Waals surface area contributed by atoms with Crippen molar-refractivity contribution in [3.05, 3.63) is 59.9 Å². The van der Waals surface area contributed by atoms with Gasteiger partial charge in [-0.15, -0.1) is 0 Å². The number of rotatable bonds is 9. The summed E-state index contributed by atoms with van der Waals surface area (Å²) in [4.78, 5) is 12.0. The number of carbonyl (C=O) groups is 1. The molecule has 140 valence electrons. The highest BCUT2D eigenvalue weighted by atomic mass is 19.1. The Morgan fingerprint density at radius 2 is 1.54 bits per heavy atom. The molecule has 5 heteroatoms. The zero-order valence-corrected chi connectivity index (χ0v) is 15.5. The standard InChI is InChI=1S/C21H26FNO3/c1-15(2)25-19-10-6-17(7-11-19)5-4-14-23-21(24)16(3)26-20-12-8-18(22)9-13-20/h6-13,15-16H,4-5,14H2,1-3H3,(H,23,24). The first-order valence-corrected chi connectivity index (χ1v) is 8.89. The molecule has 2 rings (SSSR count). The molecule has 0 fully saturated rings. The Balaban J connectivity index is 1.68. The Labute approximate surface area is 154 Å². The third-order valence-electron chi connectivity index (χ3n) is 3.73. The molecule has 0 aliphatic carbocycles. The first-order chi connectivity index (χ1) is 12.4. The number of aryl methyl sites for hydroxylation is 1. The van der Waals surface area contributed by atoms with Crippen molar-refractivity contribution < 1.29 is 18.7 Å². The predicted octanol–water partition coefficient (Wildman–Crippen LogP) is 4.13. The summed E-state index contributed by atoms with van der Waals surface area (Å²) < 4.78 is 24.0. The smallest absolute Gasteiger partial charge is 0.260 e. The van der Waals surface area contributed by atoms with Crippen LogP contribution in [0.5, 0.6) is 11.5 Å². The molecule has 0 saturated heterocycles. The van der Waals surface area contributed by atoms with E-state index in [-0.39, 0.29) is 17.8 Å². The van der Waals surface area contributed by atoms with E-state index >= 15 is 0 Å². The highest BCUT2D eigenvalue weighted by molar-refractivity contribution is 5.80. The summed E-state index contributed by atoms with van der Waals surface area (Å²) in [6, 6.07) is 13.6. The van der Waals surface area contributed by atoms with Crippen molar-refractivity contribution in [1.82, 2.24) is 5.32 Å². The van der Waals surface area contributed by atoms with Crippen molar-refractivity contribution in [2.24, 2.45) is 0 Å². The van der Waals surface area contributed by atoms with Crippen LogP contribution in [0.3, 0.4) is 0 Å². The predicted molar refractivity (Wildman–Crippen MR) is 100 cm³/mol. The molecular formula is C21H26FNO3. The van der Waals surface area contributed by atoms with Crippen LogP contribution in [-0.2, 0) is 11.2 Å². The number of benzene rings is 2. The molecule has 1 amide bonds. The number of hydrogen-bond acceptors (Lipinski definition) is 3. The van der Waals surface area contributed by atoms with Crippen molar-refractivity contribution in [2.75, 3.05) is 6.54 Å². The van der Waals surface area contributed by atoms with Crippen molar-refractivity contribution >= 4 is 5.91 Å². The monoisotopic (exact) mass is 359 g/mol. The molecule has 1 N–H and O–H groups in total. The van der Waals surface area contributed by atoms with E-state index in [1.807, 2.05) is 38.1 Å². The fourth-order valence-electron chi connectivity index (χ4n) is 2.43. The number of carbonyl (C=O) groups excluding carboxylic acids is 1. The number of nitrogens with one attached hydrogen (secondary N) is 1. The number of ether oxygens (including phenoxy) is 2. The number of amides is 1. The van der Waals surface area contributed by atoms with Crippen LogP contribution in [-0.4, -0.2) is 24.7 Å². The van der Waals surface area contributed by atoms with Gasteiger partial charge in [0, 0.05) is 6.54 Å². The van der Waals surface area contributed by atoms with Gasteiger partial charge in [0.2, 0.25) is 0 Å². The van der Waals surface area contributed by atoms with Crippen molar-refractivity contribution in [3.63, 3.8) is 0 Å². The average Bonchev–Trinajstić information content (AvgIpc) is 2.61. The Morgan fingerprint density at radius 3 is 2.15 bits per heavy atom. The molecule has 0 aromatic heterocycles. The summed E-state index contributed by atoms with van der Waals surface area (Å²) in [6.07, 6.45) is 1.23. The normalized spacial score (nSPS) is 11.9. The minimum atomic E-state index is -0.632. The Morgan fingerprint density at radius 1 is 0.962 bits per heavy atom. The van der Waals surface area contributed by atoms with Gasteiger partial charge in [0.25, 0.3) is 5.91 Å². The van der Waals surface area contributed by atoms with Gasteiger partial charge < -0.3 is 14.8 Å². The lowest BCUT2D eigenvalue weighted by molar-refractivity contribution is -0.127. The molecule has 4 nitrogen and oxygen atoms in total. The molecule has 0 heterocycles. The molecule has 0 aliphatic heterocycles. The van der Waals surface area contributed by atoms with E-state index in [0.717, 1.165) is 18.6 Å². The lowest BCUT2D eigenvalue weighted by Crippen LogP contribution is -2.36. The maximum absolute atomic E-state index is 12.9. The fourth-order valence-corrected chi connectivity index (χ4v) is 2.43. The number of hydrogen-bond donors (Lipinski definition) is 1. The summed E-state index contributed by atoms with van der Waals surface area (Å²) >= 11 is 0. The van der Waals surface area contributed by atoms with Crippen LogP contribution in [0.25, 0.3) is 0 Å². The second-order valence-corrected chi connectivity index (χ2v) is 6.42. The second kappa shape index (κ2) is 9.80. The van der Waals surface area contributed by atoms with Crippen molar-refractivity contribution in [2.45, 2.75) is 45.8 Å². The molecule has 2 aromatic carbocycles. The lowest BCUT2D eigenvalue weighted by atomic mass is 10.1. The first kappa shape index (κ1) is 19.8. The van der Waals surface area contributed by atoms with Crippen molar-refractivity contribution in [1.29, 1.82) is 0 Å². The summed E-state index contributed by atoms with van der Waals surface area (Å²) in [5.41, 5.74) is 1.20. The largest absolute Gasteiger partial charge is 0.491 e. The average molecular weight is 359 g/mol. The summed E-state index contributed by atoms with van der Waals surface area (Å²) in [5.74, 6) is 0.815. The Bertz CT molecular complexity index is 683. The zero-order chi connectivity index (χ0) is 18.9. The highest BCUT2D eigenvalue weighted by Crippen LogP contribution is 2.15. The fraction of sp³-hybridized carbons (Fsp3) is 0.381. The summed E-state index contributed by atoms with van der Waals surface area (Å²) in [5, 5.41) is 2.86. The van der Waals surface area contributed by atoms with Gasteiger partial charge in [-0.3, -0.25) is 4.79 Å². The first-order valence-electron chi connectivity index (χ1n) is 8.89. The summed E-state index contributed by atoms with van der Waals surface area (Å²) in [7, 11) is 0. The van der Waals surface area contributed by atoms with E-state index < -0.39 is 6.10 Å². The maximum Gasteiger partial charge on any atom is 0.260 e. The van der Waals surface area contributed by atoms with Crippen LogP contribution in [0.15, 0.2) is 48.5 Å². The van der Waals surface area contributed by atoms with E-state index in [2.05, 4.69) is 5.32 Å².